The zero-order valence-electron chi connectivity index (χ0n) is 24.8. The van der Waals surface area contributed by atoms with E-state index in [0.717, 1.165) is 20.6 Å². The van der Waals surface area contributed by atoms with Gasteiger partial charge in [-0.1, -0.05) is 58.4 Å². The topological polar surface area (TPSA) is 109 Å². The SMILES string of the molecule is COc1cccc(/C=C(\NC(=O)c2ccccc2)C(=O)Nc2ccc(SC(C)C(=O)Nc3nc(-c4ccc(Br)cc4)cs3)cc2)c1. The molecule has 0 saturated heterocycles. The second-order valence-corrected chi connectivity index (χ2v) is 13.1. The van der Waals surface area contributed by atoms with E-state index in [1.165, 1.54) is 23.1 Å². The number of amides is 3. The second-order valence-electron chi connectivity index (χ2n) is 9.93. The summed E-state index contributed by atoms with van der Waals surface area (Å²) in [6.45, 7) is 1.82. The van der Waals surface area contributed by atoms with E-state index in [1.54, 1.807) is 67.8 Å². The van der Waals surface area contributed by atoms with Crippen LogP contribution in [0.3, 0.4) is 0 Å². The Morgan fingerprint density at radius 3 is 2.37 bits per heavy atom. The molecule has 5 aromatic rings. The first kappa shape index (κ1) is 32.7. The number of nitrogens with one attached hydrogen (secondary N) is 3. The summed E-state index contributed by atoms with van der Waals surface area (Å²) in [5.74, 6) is -0.450. The van der Waals surface area contributed by atoms with Crippen LogP contribution in [-0.4, -0.2) is 35.1 Å². The number of anilines is 2. The quantitative estimate of drug-likeness (QED) is 0.0943. The van der Waals surface area contributed by atoms with Gasteiger partial charge in [-0.3, -0.25) is 14.4 Å². The van der Waals surface area contributed by atoms with E-state index in [1.807, 2.05) is 60.8 Å². The Balaban J connectivity index is 1.22. The maximum Gasteiger partial charge on any atom is 0.272 e. The van der Waals surface area contributed by atoms with Crippen molar-refractivity contribution in [3.8, 4) is 17.0 Å². The van der Waals surface area contributed by atoms with Gasteiger partial charge in [-0.15, -0.1) is 23.1 Å². The van der Waals surface area contributed by atoms with Gasteiger partial charge in [0, 0.05) is 31.6 Å². The number of hydrogen-bond donors (Lipinski definition) is 3. The molecule has 4 aromatic carbocycles. The number of nitrogens with zero attached hydrogens (tertiary/aromatic N) is 1. The molecule has 1 unspecified atom stereocenters. The molecule has 232 valence electrons. The highest BCUT2D eigenvalue weighted by molar-refractivity contribution is 9.10. The summed E-state index contributed by atoms with van der Waals surface area (Å²) in [5.41, 5.74) is 3.46. The number of carbonyl (C=O) groups is 3. The zero-order valence-corrected chi connectivity index (χ0v) is 28.0. The van der Waals surface area contributed by atoms with E-state index >= 15 is 0 Å². The number of benzene rings is 4. The summed E-state index contributed by atoms with van der Waals surface area (Å²) >= 11 is 6.20. The van der Waals surface area contributed by atoms with Gasteiger partial charge in [-0.05, 0) is 79.2 Å². The van der Waals surface area contributed by atoms with E-state index in [-0.39, 0.29) is 11.6 Å². The number of ether oxygens (including phenoxy) is 1. The number of hydrogen-bond acceptors (Lipinski definition) is 7. The second kappa shape index (κ2) is 15.5. The first-order valence-electron chi connectivity index (χ1n) is 14.1. The molecule has 11 heteroatoms. The molecule has 0 radical (unpaired) electrons. The van der Waals surface area contributed by atoms with Crippen LogP contribution in [0.4, 0.5) is 10.8 Å². The minimum atomic E-state index is -0.494. The van der Waals surface area contributed by atoms with Crippen LogP contribution in [0, 0.1) is 0 Å². The van der Waals surface area contributed by atoms with Crippen molar-refractivity contribution in [2.75, 3.05) is 17.7 Å². The van der Waals surface area contributed by atoms with Gasteiger partial charge in [0.15, 0.2) is 5.13 Å². The van der Waals surface area contributed by atoms with Crippen molar-refractivity contribution in [3.05, 3.63) is 130 Å². The maximum absolute atomic E-state index is 13.4. The lowest BCUT2D eigenvalue weighted by atomic mass is 10.1. The molecule has 0 spiro atoms. The van der Waals surface area contributed by atoms with E-state index in [0.29, 0.717) is 27.7 Å². The van der Waals surface area contributed by atoms with Gasteiger partial charge in [0.2, 0.25) is 5.91 Å². The molecule has 0 saturated carbocycles. The molecule has 3 amide bonds. The minimum absolute atomic E-state index is 0.0660. The summed E-state index contributed by atoms with van der Waals surface area (Å²) in [4.78, 5) is 44.6. The number of methoxy groups -OCH3 is 1. The number of thioether (sulfide) groups is 1. The molecule has 5 rings (SSSR count). The van der Waals surface area contributed by atoms with Gasteiger partial charge < -0.3 is 20.7 Å². The average molecular weight is 714 g/mol. The van der Waals surface area contributed by atoms with E-state index in [2.05, 4.69) is 36.9 Å². The highest BCUT2D eigenvalue weighted by atomic mass is 79.9. The molecule has 8 nitrogen and oxygen atoms in total. The molecule has 0 bridgehead atoms. The normalized spacial score (nSPS) is 11.8. The van der Waals surface area contributed by atoms with Gasteiger partial charge >= 0.3 is 0 Å². The van der Waals surface area contributed by atoms with Crippen LogP contribution < -0.4 is 20.7 Å². The Bertz CT molecular complexity index is 1860. The number of rotatable bonds is 11. The van der Waals surface area contributed by atoms with Crippen LogP contribution in [0.2, 0.25) is 0 Å². The number of thiazole rings is 1. The number of halogens is 1. The van der Waals surface area contributed by atoms with Gasteiger partial charge in [-0.25, -0.2) is 4.98 Å². The standard InChI is InChI=1S/C35H29BrN4O4S2/c1-22(32(41)40-35-39-31(21-45-35)24-11-13-26(36)14-12-24)46-29-17-15-27(16-18-29)37-34(43)30(20-23-7-6-10-28(19-23)44-2)38-33(42)25-8-4-3-5-9-25/h3-22H,1-2H3,(H,37,43)(H,38,42)(H,39,40,41)/b30-20-. The van der Waals surface area contributed by atoms with E-state index < -0.39 is 17.1 Å². The molecular weight excluding hydrogens is 684 g/mol. The summed E-state index contributed by atoms with van der Waals surface area (Å²) < 4.78 is 6.28. The summed E-state index contributed by atoms with van der Waals surface area (Å²) in [6, 6.07) is 30.8. The third kappa shape index (κ3) is 8.94. The monoisotopic (exact) mass is 712 g/mol. The van der Waals surface area contributed by atoms with Crippen LogP contribution in [-0.2, 0) is 9.59 Å². The molecule has 1 atom stereocenters. The Morgan fingerprint density at radius 2 is 1.65 bits per heavy atom. The van der Waals surface area contributed by atoms with Crippen LogP contribution in [0.15, 0.2) is 124 Å². The zero-order chi connectivity index (χ0) is 32.5. The number of aromatic nitrogens is 1. The third-order valence-electron chi connectivity index (χ3n) is 6.60. The van der Waals surface area contributed by atoms with Gasteiger partial charge in [0.25, 0.3) is 11.8 Å². The molecule has 46 heavy (non-hydrogen) atoms. The Labute approximate surface area is 283 Å². The van der Waals surface area contributed by atoms with Crippen LogP contribution in [0.1, 0.15) is 22.8 Å². The molecule has 0 aliphatic rings. The Kier molecular flexibility index (Phi) is 11.0. The molecule has 0 aliphatic carbocycles. The molecular formula is C35H29BrN4O4S2. The van der Waals surface area contributed by atoms with Crippen molar-refractivity contribution in [2.45, 2.75) is 17.1 Å². The average Bonchev–Trinajstić information content (AvgIpc) is 3.54. The number of carbonyl (C=O) groups excluding carboxylic acids is 3. The van der Waals surface area contributed by atoms with Crippen molar-refractivity contribution in [3.63, 3.8) is 0 Å². The van der Waals surface area contributed by atoms with E-state index in [4.69, 9.17) is 4.74 Å². The van der Waals surface area contributed by atoms with Gasteiger partial charge in [0.05, 0.1) is 18.1 Å². The van der Waals surface area contributed by atoms with Crippen molar-refractivity contribution < 1.29 is 19.1 Å². The maximum atomic E-state index is 13.4. The van der Waals surface area contributed by atoms with E-state index in [9.17, 15) is 14.4 Å². The van der Waals surface area contributed by atoms with Crippen molar-refractivity contribution in [1.29, 1.82) is 0 Å². The summed E-state index contributed by atoms with van der Waals surface area (Å²) in [7, 11) is 1.56. The fraction of sp³-hybridized carbons (Fsp3) is 0.0857. The molecule has 0 aliphatic heterocycles. The van der Waals surface area contributed by atoms with Gasteiger partial charge in [0.1, 0.15) is 11.4 Å². The van der Waals surface area contributed by atoms with Gasteiger partial charge in [-0.2, -0.15) is 0 Å². The lowest BCUT2D eigenvalue weighted by Crippen LogP contribution is -2.30. The smallest absolute Gasteiger partial charge is 0.272 e. The fourth-order valence-corrected chi connectivity index (χ4v) is 6.06. The third-order valence-corrected chi connectivity index (χ3v) is 9.00. The van der Waals surface area contributed by atoms with Crippen LogP contribution >= 0.6 is 39.0 Å². The largest absolute Gasteiger partial charge is 0.497 e. The Hall–Kier alpha value is -4.71. The lowest BCUT2D eigenvalue weighted by Gasteiger charge is -2.13. The lowest BCUT2D eigenvalue weighted by molar-refractivity contribution is -0.115. The first-order valence-corrected chi connectivity index (χ1v) is 16.6. The molecule has 3 N–H and O–H groups in total. The predicted molar refractivity (Wildman–Crippen MR) is 189 cm³/mol. The minimum Gasteiger partial charge on any atom is -0.497 e. The highest BCUT2D eigenvalue weighted by Gasteiger charge is 2.18. The summed E-state index contributed by atoms with van der Waals surface area (Å²) in [5, 5.41) is 10.5. The van der Waals surface area contributed by atoms with Crippen LogP contribution in [0.25, 0.3) is 17.3 Å². The van der Waals surface area contributed by atoms with Crippen molar-refractivity contribution in [2.24, 2.45) is 0 Å². The summed E-state index contributed by atoms with van der Waals surface area (Å²) in [6.07, 6.45) is 1.59. The fourth-order valence-electron chi connectivity index (χ4n) is 4.20. The molecule has 0 fully saturated rings. The van der Waals surface area contributed by atoms with Crippen LogP contribution in [0.5, 0.6) is 5.75 Å². The van der Waals surface area contributed by atoms with Crippen molar-refractivity contribution >= 4 is 73.6 Å². The first-order chi connectivity index (χ1) is 22.3. The highest BCUT2D eigenvalue weighted by Crippen LogP contribution is 2.29. The molecule has 1 heterocycles. The predicted octanol–water partition coefficient (Wildman–Crippen LogP) is 8.11. The van der Waals surface area contributed by atoms with Crippen molar-refractivity contribution in [1.82, 2.24) is 10.3 Å². The Morgan fingerprint density at radius 1 is 0.913 bits per heavy atom. The molecule has 1 aromatic heterocycles.